The second-order valence-electron chi connectivity index (χ2n) is 4.89. The van der Waals surface area contributed by atoms with Crippen molar-refractivity contribution in [2.45, 2.75) is 6.42 Å². The Bertz CT molecular complexity index is 746. The molecule has 2 aromatic carbocycles. The van der Waals surface area contributed by atoms with Crippen molar-refractivity contribution in [2.24, 2.45) is 0 Å². The Morgan fingerprint density at radius 1 is 1.04 bits per heavy atom. The predicted molar refractivity (Wildman–Crippen MR) is 87.6 cm³/mol. The van der Waals surface area contributed by atoms with Crippen LogP contribution in [-0.2, 0) is 11.2 Å². The highest BCUT2D eigenvalue weighted by atomic mass is 32.1. The highest BCUT2D eigenvalue weighted by molar-refractivity contribution is 7.80. The molecule has 0 spiro atoms. The average Bonchev–Trinajstić information content (AvgIpc) is 2.96. The molecule has 1 aliphatic heterocycles. The normalized spacial score (nSPS) is 11.8. The fourth-order valence-corrected chi connectivity index (χ4v) is 2.38. The molecule has 2 aromatic rings. The van der Waals surface area contributed by atoms with Crippen molar-refractivity contribution in [2.75, 3.05) is 17.4 Å². The average molecular weight is 329 g/mol. The van der Waals surface area contributed by atoms with Crippen LogP contribution >= 0.6 is 12.2 Å². The smallest absolute Gasteiger partial charge is 0.231 e. The molecule has 0 aliphatic carbocycles. The van der Waals surface area contributed by atoms with Crippen molar-refractivity contribution >= 4 is 34.7 Å². The Labute approximate surface area is 138 Å². The Morgan fingerprint density at radius 2 is 1.70 bits per heavy atom. The summed E-state index contributed by atoms with van der Waals surface area (Å²) in [6, 6.07) is 12.4. The first kappa shape index (κ1) is 15.1. The number of fused-ring (bicyclic) bond motifs is 1. The van der Waals surface area contributed by atoms with Gasteiger partial charge in [-0.25, -0.2) is 0 Å². The van der Waals surface area contributed by atoms with E-state index in [1.165, 1.54) is 0 Å². The number of hydrogen-bond acceptors (Lipinski definition) is 5. The summed E-state index contributed by atoms with van der Waals surface area (Å²) in [5.74, 6) is 0.271. The standard InChI is InChI=1S/C16H14N2O4S/c19-15(20)7-10-1-3-11(4-2-10)17-16(23)18-12-5-6-13-14(8-12)22-9-21-13/h1-6,8H,7,9H2,(H,19,20)(H2,17,18,23)/p-1. The Morgan fingerprint density at radius 3 is 2.43 bits per heavy atom. The van der Waals surface area contributed by atoms with Crippen molar-refractivity contribution in [1.29, 1.82) is 0 Å². The molecule has 0 bridgehead atoms. The fraction of sp³-hybridized carbons (Fsp3) is 0.125. The zero-order valence-electron chi connectivity index (χ0n) is 12.0. The van der Waals surface area contributed by atoms with E-state index < -0.39 is 5.97 Å². The topological polar surface area (TPSA) is 82.7 Å². The lowest BCUT2D eigenvalue weighted by Crippen LogP contribution is -2.24. The molecular formula is C16H13N2O4S-. The Kier molecular flexibility index (Phi) is 4.29. The number of hydrogen-bond donors (Lipinski definition) is 2. The third kappa shape index (κ3) is 3.89. The number of anilines is 2. The Balaban J connectivity index is 1.59. The van der Waals surface area contributed by atoms with Gasteiger partial charge in [0.05, 0.1) is 0 Å². The molecule has 1 heterocycles. The molecule has 3 rings (SSSR count). The zero-order valence-corrected chi connectivity index (χ0v) is 12.8. The highest BCUT2D eigenvalue weighted by Crippen LogP contribution is 2.34. The van der Waals surface area contributed by atoms with Gasteiger partial charge in [-0.1, -0.05) is 12.1 Å². The van der Waals surface area contributed by atoms with Crippen LogP contribution < -0.4 is 25.2 Å². The molecular weight excluding hydrogens is 316 g/mol. The lowest BCUT2D eigenvalue weighted by Gasteiger charge is -2.11. The monoisotopic (exact) mass is 329 g/mol. The van der Waals surface area contributed by atoms with Gasteiger partial charge >= 0.3 is 0 Å². The van der Waals surface area contributed by atoms with Gasteiger partial charge in [0.2, 0.25) is 6.79 Å². The van der Waals surface area contributed by atoms with E-state index in [9.17, 15) is 9.90 Å². The summed E-state index contributed by atoms with van der Waals surface area (Å²) in [4.78, 5) is 10.5. The number of carboxylic acids is 1. The molecule has 0 unspecified atom stereocenters. The SMILES string of the molecule is O=C([O-])Cc1ccc(NC(=S)Nc2ccc3c(c2)OCO3)cc1. The summed E-state index contributed by atoms with van der Waals surface area (Å²) in [7, 11) is 0. The van der Waals surface area contributed by atoms with Crippen LogP contribution in [0.2, 0.25) is 0 Å². The number of carbonyl (C=O) groups excluding carboxylic acids is 1. The predicted octanol–water partition coefficient (Wildman–Crippen LogP) is 1.52. The molecule has 0 amide bonds. The zero-order chi connectivity index (χ0) is 16.2. The van der Waals surface area contributed by atoms with E-state index in [0.717, 1.165) is 11.4 Å². The molecule has 1 aliphatic rings. The molecule has 0 saturated carbocycles. The van der Waals surface area contributed by atoms with Gasteiger partial charge in [-0.3, -0.25) is 0 Å². The number of thiocarbonyl (C=S) groups is 1. The van der Waals surface area contributed by atoms with E-state index >= 15 is 0 Å². The molecule has 0 radical (unpaired) electrons. The summed E-state index contributed by atoms with van der Waals surface area (Å²) in [5.41, 5.74) is 2.20. The molecule has 118 valence electrons. The van der Waals surface area contributed by atoms with E-state index in [1.807, 2.05) is 12.1 Å². The second-order valence-corrected chi connectivity index (χ2v) is 5.30. The van der Waals surface area contributed by atoms with E-state index in [4.69, 9.17) is 21.7 Å². The van der Waals surface area contributed by atoms with E-state index in [-0.39, 0.29) is 13.2 Å². The summed E-state index contributed by atoms with van der Waals surface area (Å²) < 4.78 is 10.6. The second kappa shape index (κ2) is 6.53. The van der Waals surface area contributed by atoms with Crippen LogP contribution in [-0.4, -0.2) is 17.9 Å². The maximum Gasteiger partial charge on any atom is 0.231 e. The number of carboxylic acid groups (broad SMARTS) is 1. The van der Waals surface area contributed by atoms with Crippen LogP contribution in [0.5, 0.6) is 11.5 Å². The first-order valence-electron chi connectivity index (χ1n) is 6.86. The van der Waals surface area contributed by atoms with E-state index in [2.05, 4.69) is 10.6 Å². The maximum atomic E-state index is 10.5. The van der Waals surface area contributed by atoms with Crippen LogP contribution in [0.4, 0.5) is 11.4 Å². The number of rotatable bonds is 4. The van der Waals surface area contributed by atoms with E-state index in [0.29, 0.717) is 22.2 Å². The lowest BCUT2D eigenvalue weighted by molar-refractivity contribution is -0.304. The van der Waals surface area contributed by atoms with Gasteiger partial charge in [0, 0.05) is 29.8 Å². The highest BCUT2D eigenvalue weighted by Gasteiger charge is 2.13. The molecule has 0 atom stereocenters. The molecule has 2 N–H and O–H groups in total. The van der Waals surface area contributed by atoms with Gasteiger partial charge in [0.15, 0.2) is 16.6 Å². The minimum absolute atomic E-state index is 0.111. The first-order valence-corrected chi connectivity index (χ1v) is 7.27. The van der Waals surface area contributed by atoms with Crippen LogP contribution in [0.25, 0.3) is 0 Å². The summed E-state index contributed by atoms with van der Waals surface area (Å²) >= 11 is 5.25. The van der Waals surface area contributed by atoms with Crippen LogP contribution in [0.1, 0.15) is 5.56 Å². The third-order valence-corrected chi connectivity index (χ3v) is 3.39. The number of benzene rings is 2. The molecule has 23 heavy (non-hydrogen) atoms. The largest absolute Gasteiger partial charge is 0.550 e. The Hall–Kier alpha value is -2.80. The fourth-order valence-electron chi connectivity index (χ4n) is 2.14. The summed E-state index contributed by atoms with van der Waals surface area (Å²) in [6.07, 6.45) is -0.111. The minimum atomic E-state index is -1.11. The van der Waals surface area contributed by atoms with Gasteiger partial charge in [0.1, 0.15) is 0 Å². The lowest BCUT2D eigenvalue weighted by atomic mass is 10.1. The van der Waals surface area contributed by atoms with Crippen LogP contribution in [0, 0.1) is 0 Å². The van der Waals surface area contributed by atoms with Crippen molar-refractivity contribution < 1.29 is 19.4 Å². The first-order chi connectivity index (χ1) is 11.1. The molecule has 0 fully saturated rings. The van der Waals surface area contributed by atoms with Crippen molar-refractivity contribution in [3.63, 3.8) is 0 Å². The van der Waals surface area contributed by atoms with Crippen LogP contribution in [0.15, 0.2) is 42.5 Å². The quantitative estimate of drug-likeness (QED) is 0.823. The number of ether oxygens (including phenoxy) is 2. The van der Waals surface area contributed by atoms with Gasteiger partial charge in [-0.2, -0.15) is 0 Å². The van der Waals surface area contributed by atoms with Crippen LogP contribution in [0.3, 0.4) is 0 Å². The number of carbonyl (C=O) groups is 1. The maximum absolute atomic E-state index is 10.5. The molecule has 6 nitrogen and oxygen atoms in total. The molecule has 7 heteroatoms. The van der Waals surface area contributed by atoms with Crippen molar-refractivity contribution in [3.05, 3.63) is 48.0 Å². The van der Waals surface area contributed by atoms with Crippen molar-refractivity contribution in [1.82, 2.24) is 0 Å². The van der Waals surface area contributed by atoms with Crippen molar-refractivity contribution in [3.8, 4) is 11.5 Å². The molecule has 0 saturated heterocycles. The molecule has 0 aromatic heterocycles. The summed E-state index contributed by atoms with van der Waals surface area (Å²) in [5, 5.41) is 17.0. The van der Waals surface area contributed by atoms with Gasteiger partial charge in [0.25, 0.3) is 0 Å². The van der Waals surface area contributed by atoms with Gasteiger partial charge in [-0.15, -0.1) is 0 Å². The number of nitrogens with one attached hydrogen (secondary N) is 2. The summed E-state index contributed by atoms with van der Waals surface area (Å²) in [6.45, 7) is 0.222. The van der Waals surface area contributed by atoms with E-state index in [1.54, 1.807) is 30.3 Å². The van der Waals surface area contributed by atoms with Gasteiger partial charge < -0.3 is 30.0 Å². The number of aliphatic carboxylic acids is 1. The van der Waals surface area contributed by atoms with Gasteiger partial charge in [-0.05, 0) is 42.0 Å². The third-order valence-electron chi connectivity index (χ3n) is 3.19. The minimum Gasteiger partial charge on any atom is -0.550 e.